The van der Waals surface area contributed by atoms with Crippen molar-refractivity contribution in [3.8, 4) is 0 Å². The van der Waals surface area contributed by atoms with E-state index in [0.717, 1.165) is 28.7 Å². The van der Waals surface area contributed by atoms with Gasteiger partial charge in [-0.15, -0.1) is 0 Å². The molecule has 0 saturated carbocycles. The van der Waals surface area contributed by atoms with Crippen molar-refractivity contribution in [3.05, 3.63) is 89.5 Å². The molecule has 2 aromatic heterocycles. The van der Waals surface area contributed by atoms with Crippen LogP contribution >= 0.6 is 0 Å². The summed E-state index contributed by atoms with van der Waals surface area (Å²) in [6.07, 6.45) is 3.40. The van der Waals surface area contributed by atoms with Crippen LogP contribution in [-0.4, -0.2) is 26.2 Å². The van der Waals surface area contributed by atoms with Crippen LogP contribution in [0.3, 0.4) is 0 Å². The van der Waals surface area contributed by atoms with E-state index in [1.807, 2.05) is 36.7 Å². The number of carbonyl (C=O) groups is 2. The summed E-state index contributed by atoms with van der Waals surface area (Å²) in [6, 6.07) is 17.7. The number of imidazole rings is 1. The monoisotopic (exact) mass is 372 g/mol. The number of nitrogens with one attached hydrogen (secondary N) is 2. The summed E-state index contributed by atoms with van der Waals surface area (Å²) in [7, 11) is 0. The van der Waals surface area contributed by atoms with Gasteiger partial charge in [0.05, 0.1) is 17.4 Å². The molecule has 0 aliphatic rings. The summed E-state index contributed by atoms with van der Waals surface area (Å²) in [5, 5.41) is 2.86. The number of ketones is 1. The lowest BCUT2D eigenvalue weighted by molar-refractivity contribution is 0.0946. The van der Waals surface area contributed by atoms with Crippen LogP contribution in [-0.2, 0) is 13.1 Å². The van der Waals surface area contributed by atoms with Gasteiger partial charge < -0.3 is 14.9 Å². The summed E-state index contributed by atoms with van der Waals surface area (Å²) in [6.45, 7) is 2.63. The SMILES string of the molecule is CC(=O)c1c[nH]c(C(=O)NCc2ccc(Cn3cnc4ccccc43)cc2)c1. The fourth-order valence-electron chi connectivity index (χ4n) is 3.10. The molecule has 0 saturated heterocycles. The smallest absolute Gasteiger partial charge is 0.267 e. The van der Waals surface area contributed by atoms with Gasteiger partial charge in [-0.1, -0.05) is 36.4 Å². The predicted octanol–water partition coefficient (Wildman–Crippen LogP) is 3.55. The highest BCUT2D eigenvalue weighted by Crippen LogP contribution is 2.14. The van der Waals surface area contributed by atoms with E-state index in [9.17, 15) is 9.59 Å². The minimum Gasteiger partial charge on any atom is -0.356 e. The number of Topliss-reactive ketones (excluding diaryl/α,β-unsaturated/α-hetero) is 1. The number of hydrogen-bond acceptors (Lipinski definition) is 3. The average Bonchev–Trinajstić information content (AvgIpc) is 3.35. The highest BCUT2D eigenvalue weighted by atomic mass is 16.2. The van der Waals surface area contributed by atoms with Crippen LogP contribution in [0.25, 0.3) is 11.0 Å². The molecule has 0 unspecified atom stereocenters. The van der Waals surface area contributed by atoms with Crippen molar-refractivity contribution < 1.29 is 9.59 Å². The number of aromatic amines is 1. The van der Waals surface area contributed by atoms with Crippen LogP contribution in [0.15, 0.2) is 67.1 Å². The molecule has 2 heterocycles. The Labute approximate surface area is 162 Å². The summed E-state index contributed by atoms with van der Waals surface area (Å²) in [4.78, 5) is 30.8. The Morgan fingerprint density at radius 3 is 2.57 bits per heavy atom. The molecule has 2 N–H and O–H groups in total. The second-order valence-electron chi connectivity index (χ2n) is 6.72. The Balaban J connectivity index is 1.38. The Bertz CT molecular complexity index is 1140. The van der Waals surface area contributed by atoms with Crippen molar-refractivity contribution in [2.24, 2.45) is 0 Å². The number of amides is 1. The maximum absolute atomic E-state index is 12.2. The molecule has 0 fully saturated rings. The minimum absolute atomic E-state index is 0.0726. The van der Waals surface area contributed by atoms with E-state index in [1.165, 1.54) is 6.92 Å². The highest BCUT2D eigenvalue weighted by Gasteiger charge is 2.10. The fraction of sp³-hybridized carbons (Fsp3) is 0.136. The van der Waals surface area contributed by atoms with Gasteiger partial charge in [0.2, 0.25) is 0 Å². The normalized spacial score (nSPS) is 10.9. The number of rotatable bonds is 6. The predicted molar refractivity (Wildman–Crippen MR) is 107 cm³/mol. The van der Waals surface area contributed by atoms with Crippen molar-refractivity contribution in [1.29, 1.82) is 0 Å². The third-order valence-corrected chi connectivity index (χ3v) is 4.69. The van der Waals surface area contributed by atoms with E-state index in [2.05, 4.69) is 38.1 Å². The number of nitrogens with zero attached hydrogens (tertiary/aromatic N) is 2. The number of aromatic nitrogens is 3. The molecular formula is C22H20N4O2. The van der Waals surface area contributed by atoms with Gasteiger partial charge in [0.15, 0.2) is 5.78 Å². The molecule has 4 rings (SSSR count). The largest absolute Gasteiger partial charge is 0.356 e. The van der Waals surface area contributed by atoms with Gasteiger partial charge in [0, 0.05) is 24.8 Å². The molecule has 0 aliphatic heterocycles. The summed E-state index contributed by atoms with van der Waals surface area (Å²) >= 11 is 0. The molecule has 2 aromatic carbocycles. The molecule has 0 radical (unpaired) electrons. The van der Waals surface area contributed by atoms with E-state index in [1.54, 1.807) is 12.3 Å². The lowest BCUT2D eigenvalue weighted by Gasteiger charge is -2.07. The van der Waals surface area contributed by atoms with Crippen LogP contribution in [0.1, 0.15) is 38.9 Å². The maximum atomic E-state index is 12.2. The van der Waals surface area contributed by atoms with Crippen molar-refractivity contribution in [2.45, 2.75) is 20.0 Å². The lowest BCUT2D eigenvalue weighted by atomic mass is 10.1. The molecule has 0 bridgehead atoms. The van der Waals surface area contributed by atoms with Crippen molar-refractivity contribution in [3.63, 3.8) is 0 Å². The van der Waals surface area contributed by atoms with Crippen LogP contribution in [0.5, 0.6) is 0 Å². The lowest BCUT2D eigenvalue weighted by Crippen LogP contribution is -2.23. The Hall–Kier alpha value is -3.67. The number of carbonyl (C=O) groups excluding carboxylic acids is 2. The van der Waals surface area contributed by atoms with Crippen molar-refractivity contribution in [2.75, 3.05) is 0 Å². The summed E-state index contributed by atoms with van der Waals surface area (Å²) in [5.41, 5.74) is 5.14. The van der Waals surface area contributed by atoms with E-state index in [0.29, 0.717) is 17.8 Å². The van der Waals surface area contributed by atoms with Gasteiger partial charge in [-0.2, -0.15) is 0 Å². The minimum atomic E-state index is -0.235. The van der Waals surface area contributed by atoms with Crippen LogP contribution < -0.4 is 5.32 Å². The molecule has 140 valence electrons. The molecule has 0 aliphatic carbocycles. The molecule has 4 aromatic rings. The zero-order valence-electron chi connectivity index (χ0n) is 15.5. The van der Waals surface area contributed by atoms with E-state index < -0.39 is 0 Å². The van der Waals surface area contributed by atoms with Crippen molar-refractivity contribution in [1.82, 2.24) is 19.9 Å². The molecular weight excluding hydrogens is 352 g/mol. The summed E-state index contributed by atoms with van der Waals surface area (Å²) < 4.78 is 2.12. The zero-order valence-corrected chi connectivity index (χ0v) is 15.5. The van der Waals surface area contributed by atoms with Crippen LogP contribution in [0.2, 0.25) is 0 Å². The number of hydrogen-bond donors (Lipinski definition) is 2. The van der Waals surface area contributed by atoms with Crippen LogP contribution in [0.4, 0.5) is 0 Å². The van der Waals surface area contributed by atoms with Gasteiger partial charge in [0.25, 0.3) is 5.91 Å². The molecule has 28 heavy (non-hydrogen) atoms. The summed E-state index contributed by atoms with van der Waals surface area (Å²) in [5.74, 6) is -0.307. The van der Waals surface area contributed by atoms with Gasteiger partial charge in [-0.25, -0.2) is 4.98 Å². The number of para-hydroxylation sites is 2. The molecule has 1 amide bonds. The van der Waals surface area contributed by atoms with Crippen LogP contribution in [0, 0.1) is 0 Å². The Morgan fingerprint density at radius 2 is 1.82 bits per heavy atom. The van der Waals surface area contributed by atoms with Crippen molar-refractivity contribution >= 4 is 22.7 Å². The fourth-order valence-corrected chi connectivity index (χ4v) is 3.10. The third kappa shape index (κ3) is 3.71. The third-order valence-electron chi connectivity index (χ3n) is 4.69. The zero-order chi connectivity index (χ0) is 19.5. The van der Waals surface area contributed by atoms with E-state index >= 15 is 0 Å². The Kier molecular flexibility index (Phi) is 4.76. The van der Waals surface area contributed by atoms with E-state index in [4.69, 9.17) is 0 Å². The standard InChI is InChI=1S/C22H20N4O2/c1-15(27)18-10-20(23-12-18)22(28)24-11-16-6-8-17(9-7-16)13-26-14-25-19-4-2-3-5-21(19)26/h2-10,12,14,23H,11,13H2,1H3,(H,24,28). The first kappa shape index (κ1) is 17.7. The molecule has 0 spiro atoms. The first-order chi connectivity index (χ1) is 13.6. The molecule has 0 atom stereocenters. The van der Waals surface area contributed by atoms with Gasteiger partial charge in [0.1, 0.15) is 5.69 Å². The quantitative estimate of drug-likeness (QED) is 0.508. The first-order valence-electron chi connectivity index (χ1n) is 9.05. The average molecular weight is 372 g/mol. The van der Waals surface area contributed by atoms with Gasteiger partial charge >= 0.3 is 0 Å². The topological polar surface area (TPSA) is 79.8 Å². The number of fused-ring (bicyclic) bond motifs is 1. The van der Waals surface area contributed by atoms with Gasteiger partial charge in [-0.3, -0.25) is 9.59 Å². The second-order valence-corrected chi connectivity index (χ2v) is 6.72. The van der Waals surface area contributed by atoms with E-state index in [-0.39, 0.29) is 11.7 Å². The highest BCUT2D eigenvalue weighted by molar-refractivity contribution is 5.99. The molecule has 6 heteroatoms. The maximum Gasteiger partial charge on any atom is 0.267 e. The number of H-pyrrole nitrogens is 1. The second kappa shape index (κ2) is 7.52. The molecule has 6 nitrogen and oxygen atoms in total. The van der Waals surface area contributed by atoms with Gasteiger partial charge in [-0.05, 0) is 36.2 Å². The number of benzene rings is 2. The Morgan fingerprint density at radius 1 is 1.07 bits per heavy atom. The first-order valence-corrected chi connectivity index (χ1v) is 9.05.